The summed E-state index contributed by atoms with van der Waals surface area (Å²) in [6.45, 7) is 4.41. The first kappa shape index (κ1) is 12.0. The molecule has 1 fully saturated rings. The van der Waals surface area contributed by atoms with Crippen molar-refractivity contribution in [1.82, 2.24) is 5.32 Å². The Morgan fingerprint density at radius 2 is 1.93 bits per heavy atom. The lowest BCUT2D eigenvalue weighted by atomic mass is 9.92. The molecule has 0 amide bonds. The second-order valence-corrected chi connectivity index (χ2v) is 4.97. The first-order chi connectivity index (χ1) is 6.49. The van der Waals surface area contributed by atoms with Crippen molar-refractivity contribution >= 4 is 0 Å². The molecule has 84 valence electrons. The van der Waals surface area contributed by atoms with Crippen molar-refractivity contribution in [3.05, 3.63) is 0 Å². The highest BCUT2D eigenvalue weighted by Crippen LogP contribution is 2.18. The lowest BCUT2D eigenvalue weighted by molar-refractivity contribution is 0.0597. The fourth-order valence-corrected chi connectivity index (χ4v) is 1.91. The third-order valence-electron chi connectivity index (χ3n) is 2.87. The molecule has 0 aromatic carbocycles. The highest BCUT2D eigenvalue weighted by atomic mass is 16.3. The van der Waals surface area contributed by atoms with E-state index in [-0.39, 0.29) is 12.1 Å². The van der Waals surface area contributed by atoms with Crippen LogP contribution in [0.25, 0.3) is 0 Å². The minimum absolute atomic E-state index is 0.189. The van der Waals surface area contributed by atoms with Gasteiger partial charge in [0, 0.05) is 6.04 Å². The molecule has 14 heavy (non-hydrogen) atoms. The monoisotopic (exact) mass is 201 g/mol. The zero-order valence-corrected chi connectivity index (χ0v) is 9.29. The lowest BCUT2D eigenvalue weighted by Crippen LogP contribution is -2.43. The molecule has 0 aliphatic heterocycles. The first-order valence-corrected chi connectivity index (χ1v) is 5.63. The Morgan fingerprint density at radius 3 is 2.50 bits per heavy atom. The zero-order chi connectivity index (χ0) is 10.6. The summed E-state index contributed by atoms with van der Waals surface area (Å²) >= 11 is 0. The van der Waals surface area contributed by atoms with Crippen molar-refractivity contribution in [3.63, 3.8) is 0 Å². The van der Waals surface area contributed by atoms with Crippen LogP contribution in [0.4, 0.5) is 0 Å². The summed E-state index contributed by atoms with van der Waals surface area (Å²) < 4.78 is 0. The van der Waals surface area contributed by atoms with Gasteiger partial charge in [-0.05, 0) is 39.7 Å². The zero-order valence-electron chi connectivity index (χ0n) is 9.29. The largest absolute Gasteiger partial charge is 0.392 e. The molecule has 3 heteroatoms. The molecular weight excluding hydrogens is 178 g/mol. The SMILES string of the molecule is CC(C)(O)CCNC1CCCCC1O. The van der Waals surface area contributed by atoms with E-state index in [0.717, 1.165) is 32.2 Å². The predicted octanol–water partition coefficient (Wildman–Crippen LogP) is 1.04. The van der Waals surface area contributed by atoms with E-state index in [1.54, 1.807) is 0 Å². The molecule has 2 unspecified atom stereocenters. The fourth-order valence-electron chi connectivity index (χ4n) is 1.91. The van der Waals surface area contributed by atoms with Crippen LogP contribution in [0.15, 0.2) is 0 Å². The Morgan fingerprint density at radius 1 is 1.29 bits per heavy atom. The number of hydrogen-bond donors (Lipinski definition) is 3. The van der Waals surface area contributed by atoms with E-state index in [0.29, 0.717) is 0 Å². The quantitative estimate of drug-likeness (QED) is 0.637. The number of nitrogens with one attached hydrogen (secondary N) is 1. The molecule has 0 heterocycles. The second-order valence-electron chi connectivity index (χ2n) is 4.97. The van der Waals surface area contributed by atoms with E-state index in [9.17, 15) is 10.2 Å². The van der Waals surface area contributed by atoms with Gasteiger partial charge in [0.2, 0.25) is 0 Å². The minimum Gasteiger partial charge on any atom is -0.392 e. The summed E-state index contributed by atoms with van der Waals surface area (Å²) in [5, 5.41) is 22.5. The maximum absolute atomic E-state index is 9.67. The van der Waals surface area contributed by atoms with E-state index >= 15 is 0 Å². The van der Waals surface area contributed by atoms with Crippen molar-refractivity contribution in [3.8, 4) is 0 Å². The smallest absolute Gasteiger partial charge is 0.0693 e. The van der Waals surface area contributed by atoms with Crippen molar-refractivity contribution in [1.29, 1.82) is 0 Å². The Bertz CT molecular complexity index is 165. The summed E-state index contributed by atoms with van der Waals surface area (Å²) in [4.78, 5) is 0. The van der Waals surface area contributed by atoms with Crippen molar-refractivity contribution in [2.24, 2.45) is 0 Å². The maximum Gasteiger partial charge on any atom is 0.0693 e. The fraction of sp³-hybridized carbons (Fsp3) is 1.00. The van der Waals surface area contributed by atoms with E-state index in [4.69, 9.17) is 0 Å². The van der Waals surface area contributed by atoms with Crippen LogP contribution in [0.2, 0.25) is 0 Å². The van der Waals surface area contributed by atoms with E-state index in [1.807, 2.05) is 13.8 Å². The van der Waals surface area contributed by atoms with Gasteiger partial charge in [-0.3, -0.25) is 0 Å². The van der Waals surface area contributed by atoms with Gasteiger partial charge in [0.1, 0.15) is 0 Å². The van der Waals surface area contributed by atoms with Gasteiger partial charge < -0.3 is 15.5 Å². The van der Waals surface area contributed by atoms with Crippen molar-refractivity contribution in [2.75, 3.05) is 6.54 Å². The molecular formula is C11H23NO2. The summed E-state index contributed by atoms with van der Waals surface area (Å²) in [6, 6.07) is 0.242. The molecule has 1 saturated carbocycles. The number of rotatable bonds is 4. The molecule has 0 aromatic heterocycles. The standard InChI is InChI=1S/C11H23NO2/c1-11(2,14)7-8-12-9-5-3-4-6-10(9)13/h9-10,12-14H,3-8H2,1-2H3. The minimum atomic E-state index is -0.605. The second kappa shape index (κ2) is 5.10. The van der Waals surface area contributed by atoms with Gasteiger partial charge >= 0.3 is 0 Å². The molecule has 0 radical (unpaired) electrons. The van der Waals surface area contributed by atoms with Crippen molar-refractivity contribution in [2.45, 2.75) is 63.7 Å². The van der Waals surface area contributed by atoms with Gasteiger partial charge in [-0.25, -0.2) is 0 Å². The summed E-state index contributed by atoms with van der Waals surface area (Å²) in [7, 11) is 0. The van der Waals surface area contributed by atoms with Crippen LogP contribution in [-0.2, 0) is 0 Å². The molecule has 1 aliphatic carbocycles. The van der Waals surface area contributed by atoms with E-state index < -0.39 is 5.60 Å². The van der Waals surface area contributed by atoms with Gasteiger partial charge in [0.05, 0.1) is 11.7 Å². The average Bonchev–Trinajstić information content (AvgIpc) is 2.06. The van der Waals surface area contributed by atoms with E-state index in [2.05, 4.69) is 5.32 Å². The number of hydrogen-bond acceptors (Lipinski definition) is 3. The predicted molar refractivity (Wildman–Crippen MR) is 57.2 cm³/mol. The molecule has 3 N–H and O–H groups in total. The van der Waals surface area contributed by atoms with E-state index in [1.165, 1.54) is 6.42 Å². The Balaban J connectivity index is 2.17. The average molecular weight is 201 g/mol. The third kappa shape index (κ3) is 4.40. The number of aliphatic hydroxyl groups excluding tert-OH is 1. The van der Waals surface area contributed by atoms with Crippen LogP contribution < -0.4 is 5.32 Å². The van der Waals surface area contributed by atoms with Crippen LogP contribution in [-0.4, -0.2) is 34.5 Å². The Kier molecular flexibility index (Phi) is 4.35. The maximum atomic E-state index is 9.67. The van der Waals surface area contributed by atoms with Gasteiger partial charge in [0.15, 0.2) is 0 Å². The first-order valence-electron chi connectivity index (χ1n) is 5.63. The molecule has 1 rings (SSSR count). The molecule has 0 saturated heterocycles. The Labute approximate surface area is 86.5 Å². The molecule has 2 atom stereocenters. The van der Waals surface area contributed by atoms with Gasteiger partial charge in [0.25, 0.3) is 0 Å². The molecule has 0 aromatic rings. The molecule has 0 bridgehead atoms. The third-order valence-corrected chi connectivity index (χ3v) is 2.87. The summed E-state index contributed by atoms with van der Waals surface area (Å²) in [6.07, 6.45) is 4.87. The van der Waals surface area contributed by atoms with Gasteiger partial charge in [-0.2, -0.15) is 0 Å². The normalized spacial score (nSPS) is 29.1. The molecule has 0 spiro atoms. The van der Waals surface area contributed by atoms with Crippen molar-refractivity contribution < 1.29 is 10.2 Å². The van der Waals surface area contributed by atoms with Crippen LogP contribution in [0.3, 0.4) is 0 Å². The van der Waals surface area contributed by atoms with Crippen LogP contribution in [0.5, 0.6) is 0 Å². The van der Waals surface area contributed by atoms with Crippen LogP contribution >= 0.6 is 0 Å². The van der Waals surface area contributed by atoms with Crippen LogP contribution in [0.1, 0.15) is 46.0 Å². The lowest BCUT2D eigenvalue weighted by Gasteiger charge is -2.29. The van der Waals surface area contributed by atoms with Crippen LogP contribution in [0, 0.1) is 0 Å². The number of aliphatic hydroxyl groups is 2. The summed E-state index contributed by atoms with van der Waals surface area (Å²) in [5.74, 6) is 0. The summed E-state index contributed by atoms with van der Waals surface area (Å²) in [5.41, 5.74) is -0.605. The Hall–Kier alpha value is -0.120. The van der Waals surface area contributed by atoms with Gasteiger partial charge in [-0.1, -0.05) is 12.8 Å². The molecule has 1 aliphatic rings. The highest BCUT2D eigenvalue weighted by molar-refractivity contribution is 4.81. The topological polar surface area (TPSA) is 52.5 Å². The molecule has 3 nitrogen and oxygen atoms in total. The highest BCUT2D eigenvalue weighted by Gasteiger charge is 2.22. The van der Waals surface area contributed by atoms with Gasteiger partial charge in [-0.15, -0.1) is 0 Å².